The topological polar surface area (TPSA) is 54.5 Å². The molecule has 0 heterocycles. The van der Waals surface area contributed by atoms with E-state index in [2.05, 4.69) is 15.9 Å². The molecule has 0 aromatic rings. The number of nitrogens with zero attached hydrogens (tertiary/aromatic N) is 1. The molecule has 0 saturated carbocycles. The van der Waals surface area contributed by atoms with Crippen molar-refractivity contribution in [1.29, 1.82) is 0 Å². The molecule has 0 aromatic carbocycles. The average molecular weight is 314 g/mol. The van der Waals surface area contributed by atoms with Crippen LogP contribution in [0.15, 0.2) is 0 Å². The van der Waals surface area contributed by atoms with Crippen LogP contribution in [0.3, 0.4) is 0 Å². The van der Waals surface area contributed by atoms with Crippen molar-refractivity contribution in [2.75, 3.05) is 24.7 Å². The van der Waals surface area contributed by atoms with Crippen LogP contribution in [-0.4, -0.2) is 49.2 Å². The molecule has 0 radical (unpaired) electrons. The first kappa shape index (κ1) is 15.9. The summed E-state index contributed by atoms with van der Waals surface area (Å²) in [6, 6.07) is 0. The summed E-state index contributed by atoms with van der Waals surface area (Å²) < 4.78 is 22.6. The standard InChI is InChI=1S/C10H20BrNO3S/c1-4-5-7-12(8-6-11)10(13)9(2)16(3,14)15/h9H,4-8H2,1-3H3. The highest BCUT2D eigenvalue weighted by Gasteiger charge is 2.27. The third kappa shape index (κ3) is 5.30. The van der Waals surface area contributed by atoms with E-state index in [1.165, 1.54) is 6.92 Å². The molecule has 1 amide bonds. The number of carbonyl (C=O) groups is 1. The second kappa shape index (κ2) is 7.27. The van der Waals surface area contributed by atoms with Gasteiger partial charge in [-0.25, -0.2) is 8.42 Å². The van der Waals surface area contributed by atoms with Crippen LogP contribution in [0, 0.1) is 0 Å². The van der Waals surface area contributed by atoms with Gasteiger partial charge in [0.05, 0.1) is 0 Å². The molecule has 1 atom stereocenters. The van der Waals surface area contributed by atoms with Crippen LogP contribution in [-0.2, 0) is 14.6 Å². The van der Waals surface area contributed by atoms with Crippen molar-refractivity contribution >= 4 is 31.7 Å². The van der Waals surface area contributed by atoms with Crippen LogP contribution >= 0.6 is 15.9 Å². The molecular weight excluding hydrogens is 294 g/mol. The summed E-state index contributed by atoms with van der Waals surface area (Å²) in [7, 11) is -3.30. The first-order valence-corrected chi connectivity index (χ1v) is 8.45. The third-order valence-corrected chi connectivity index (χ3v) is 4.28. The van der Waals surface area contributed by atoms with Crippen molar-refractivity contribution in [3.8, 4) is 0 Å². The number of alkyl halides is 1. The smallest absolute Gasteiger partial charge is 0.240 e. The van der Waals surface area contributed by atoms with Gasteiger partial charge in [-0.3, -0.25) is 4.79 Å². The van der Waals surface area contributed by atoms with Crippen molar-refractivity contribution in [3.63, 3.8) is 0 Å². The molecule has 96 valence electrons. The monoisotopic (exact) mass is 313 g/mol. The third-order valence-electron chi connectivity index (χ3n) is 2.44. The second-order valence-corrected chi connectivity index (χ2v) is 7.00. The molecule has 6 heteroatoms. The normalized spacial score (nSPS) is 13.5. The molecule has 0 aromatic heterocycles. The van der Waals surface area contributed by atoms with Crippen LogP contribution in [0.25, 0.3) is 0 Å². The van der Waals surface area contributed by atoms with E-state index in [0.717, 1.165) is 19.1 Å². The summed E-state index contributed by atoms with van der Waals surface area (Å²) >= 11 is 3.27. The van der Waals surface area contributed by atoms with Crippen LogP contribution in [0.2, 0.25) is 0 Å². The first-order valence-electron chi connectivity index (χ1n) is 5.38. The van der Waals surface area contributed by atoms with E-state index in [1.807, 2.05) is 6.92 Å². The number of hydrogen-bond donors (Lipinski definition) is 0. The van der Waals surface area contributed by atoms with Crippen molar-refractivity contribution in [2.45, 2.75) is 31.9 Å². The fraction of sp³-hybridized carbons (Fsp3) is 0.900. The second-order valence-electron chi connectivity index (χ2n) is 3.84. The van der Waals surface area contributed by atoms with Crippen molar-refractivity contribution < 1.29 is 13.2 Å². The van der Waals surface area contributed by atoms with Crippen molar-refractivity contribution in [1.82, 2.24) is 4.90 Å². The van der Waals surface area contributed by atoms with E-state index in [9.17, 15) is 13.2 Å². The van der Waals surface area contributed by atoms with E-state index in [0.29, 0.717) is 18.4 Å². The minimum atomic E-state index is -3.30. The molecule has 0 fully saturated rings. The van der Waals surface area contributed by atoms with Crippen LogP contribution in [0.1, 0.15) is 26.7 Å². The molecule has 4 nitrogen and oxygen atoms in total. The minimum absolute atomic E-state index is 0.296. The lowest BCUT2D eigenvalue weighted by Gasteiger charge is -2.24. The Morgan fingerprint density at radius 1 is 1.38 bits per heavy atom. The van der Waals surface area contributed by atoms with Gasteiger partial charge in [-0.05, 0) is 13.3 Å². The molecule has 0 spiro atoms. The van der Waals surface area contributed by atoms with Gasteiger partial charge in [0.15, 0.2) is 9.84 Å². The minimum Gasteiger partial charge on any atom is -0.341 e. The highest BCUT2D eigenvalue weighted by Crippen LogP contribution is 2.06. The maximum atomic E-state index is 11.9. The molecule has 16 heavy (non-hydrogen) atoms. The SMILES string of the molecule is CCCCN(CCBr)C(=O)C(C)S(C)(=O)=O. The summed E-state index contributed by atoms with van der Waals surface area (Å²) in [5.74, 6) is -0.296. The summed E-state index contributed by atoms with van der Waals surface area (Å²) in [4.78, 5) is 13.5. The van der Waals surface area contributed by atoms with Gasteiger partial charge in [-0.1, -0.05) is 29.3 Å². The van der Waals surface area contributed by atoms with E-state index >= 15 is 0 Å². The molecule has 0 aliphatic heterocycles. The van der Waals surface area contributed by atoms with Gasteiger partial charge in [0.25, 0.3) is 0 Å². The van der Waals surface area contributed by atoms with Gasteiger partial charge in [0, 0.05) is 24.7 Å². The summed E-state index contributed by atoms with van der Waals surface area (Å²) in [6.07, 6.45) is 2.98. The van der Waals surface area contributed by atoms with E-state index < -0.39 is 15.1 Å². The van der Waals surface area contributed by atoms with E-state index in [4.69, 9.17) is 0 Å². The molecule has 0 aliphatic carbocycles. The largest absolute Gasteiger partial charge is 0.341 e. The van der Waals surface area contributed by atoms with Crippen LogP contribution in [0.5, 0.6) is 0 Å². The Labute approximate surface area is 106 Å². The lowest BCUT2D eigenvalue weighted by atomic mass is 10.3. The lowest BCUT2D eigenvalue weighted by Crippen LogP contribution is -2.42. The van der Waals surface area contributed by atoms with Gasteiger partial charge in [0.2, 0.25) is 5.91 Å². The maximum Gasteiger partial charge on any atom is 0.240 e. The highest BCUT2D eigenvalue weighted by molar-refractivity contribution is 9.09. The van der Waals surface area contributed by atoms with Gasteiger partial charge >= 0.3 is 0 Å². The molecule has 0 bridgehead atoms. The predicted octanol–water partition coefficient (Wildman–Crippen LogP) is 1.44. The maximum absolute atomic E-state index is 11.9. The van der Waals surface area contributed by atoms with E-state index in [-0.39, 0.29) is 5.91 Å². The van der Waals surface area contributed by atoms with Crippen LogP contribution < -0.4 is 0 Å². The number of rotatable bonds is 7. The first-order chi connectivity index (χ1) is 7.34. The van der Waals surface area contributed by atoms with Gasteiger partial charge < -0.3 is 4.90 Å². The quantitative estimate of drug-likeness (QED) is 0.668. The summed E-state index contributed by atoms with van der Waals surface area (Å²) in [6.45, 7) is 4.67. The number of halogens is 1. The zero-order valence-electron chi connectivity index (χ0n) is 10.1. The lowest BCUT2D eigenvalue weighted by molar-refractivity contribution is -0.130. The molecule has 0 N–H and O–H groups in total. The Morgan fingerprint density at radius 3 is 2.31 bits per heavy atom. The summed E-state index contributed by atoms with van der Waals surface area (Å²) in [5, 5.41) is -0.276. The molecular formula is C10H20BrNO3S. The molecule has 1 unspecified atom stereocenters. The predicted molar refractivity (Wildman–Crippen MR) is 69.6 cm³/mol. The number of amides is 1. The fourth-order valence-corrected chi connectivity index (χ4v) is 2.17. The zero-order chi connectivity index (χ0) is 12.8. The van der Waals surface area contributed by atoms with Crippen LogP contribution in [0.4, 0.5) is 0 Å². The summed E-state index contributed by atoms with van der Waals surface area (Å²) in [5.41, 5.74) is 0. The number of unbranched alkanes of at least 4 members (excludes halogenated alkanes) is 1. The Kier molecular flexibility index (Phi) is 7.22. The number of hydrogen-bond acceptors (Lipinski definition) is 3. The average Bonchev–Trinajstić information content (AvgIpc) is 2.20. The Hall–Kier alpha value is -0.100. The molecule has 0 aliphatic rings. The Balaban J connectivity index is 4.60. The van der Waals surface area contributed by atoms with E-state index in [1.54, 1.807) is 4.90 Å². The Morgan fingerprint density at radius 2 is 1.94 bits per heavy atom. The number of carbonyl (C=O) groups excluding carboxylic acids is 1. The van der Waals surface area contributed by atoms with Crippen molar-refractivity contribution in [2.24, 2.45) is 0 Å². The highest BCUT2D eigenvalue weighted by atomic mass is 79.9. The zero-order valence-corrected chi connectivity index (χ0v) is 12.5. The number of sulfone groups is 1. The molecule has 0 saturated heterocycles. The Bertz CT molecular complexity index is 316. The van der Waals surface area contributed by atoms with Crippen molar-refractivity contribution in [3.05, 3.63) is 0 Å². The molecule has 0 rings (SSSR count). The van der Waals surface area contributed by atoms with Gasteiger partial charge in [-0.2, -0.15) is 0 Å². The van der Waals surface area contributed by atoms with Gasteiger partial charge in [0.1, 0.15) is 5.25 Å². The fourth-order valence-electron chi connectivity index (χ4n) is 1.22. The van der Waals surface area contributed by atoms with Gasteiger partial charge in [-0.15, -0.1) is 0 Å².